The number of carbonyl (C=O) groups excluding carboxylic acids is 1. The van der Waals surface area contributed by atoms with Gasteiger partial charge in [-0.3, -0.25) is 14.5 Å². The maximum atomic E-state index is 13.2. The summed E-state index contributed by atoms with van der Waals surface area (Å²) in [6, 6.07) is 10.0. The number of aryl methyl sites for hydroxylation is 1. The van der Waals surface area contributed by atoms with Crippen LogP contribution in [0.5, 0.6) is 0 Å². The van der Waals surface area contributed by atoms with E-state index in [9.17, 15) is 9.18 Å². The predicted octanol–water partition coefficient (Wildman–Crippen LogP) is 2.97. The molecule has 1 aliphatic rings. The zero-order chi connectivity index (χ0) is 18.1. The molecule has 0 unspecified atom stereocenters. The maximum absolute atomic E-state index is 13.2. The predicted molar refractivity (Wildman–Crippen MR) is 95.6 cm³/mol. The fourth-order valence-corrected chi connectivity index (χ4v) is 3.27. The lowest BCUT2D eigenvalue weighted by Gasteiger charge is -2.16. The Hall–Kier alpha value is -3.02. The Kier molecular flexibility index (Phi) is 4.03. The molecule has 1 fully saturated rings. The summed E-state index contributed by atoms with van der Waals surface area (Å²) in [6.07, 6.45) is 6.96. The lowest BCUT2D eigenvalue weighted by atomic mass is 9.95. The van der Waals surface area contributed by atoms with E-state index in [1.165, 1.54) is 12.1 Å². The van der Waals surface area contributed by atoms with Gasteiger partial charge in [0.1, 0.15) is 5.82 Å². The molecule has 2 aromatic heterocycles. The van der Waals surface area contributed by atoms with E-state index >= 15 is 0 Å². The molecule has 6 heteroatoms. The number of halogens is 1. The lowest BCUT2D eigenvalue weighted by Crippen LogP contribution is -2.34. The van der Waals surface area contributed by atoms with E-state index in [1.54, 1.807) is 29.2 Å². The number of pyridine rings is 1. The molecule has 132 valence electrons. The normalized spacial score (nSPS) is 14.8. The van der Waals surface area contributed by atoms with Gasteiger partial charge in [0.15, 0.2) is 0 Å². The summed E-state index contributed by atoms with van der Waals surface area (Å²) >= 11 is 0. The highest BCUT2D eigenvalue weighted by Crippen LogP contribution is 2.48. The Morgan fingerprint density at radius 3 is 2.69 bits per heavy atom. The molecule has 26 heavy (non-hydrogen) atoms. The summed E-state index contributed by atoms with van der Waals surface area (Å²) in [6.45, 7) is 0.389. The molecule has 1 aromatic carbocycles. The average Bonchev–Trinajstić information content (AvgIpc) is 3.36. The van der Waals surface area contributed by atoms with Gasteiger partial charge in [0.25, 0.3) is 0 Å². The van der Waals surface area contributed by atoms with Crippen molar-refractivity contribution in [3.8, 4) is 11.3 Å². The van der Waals surface area contributed by atoms with Gasteiger partial charge in [-0.1, -0.05) is 18.2 Å². The first-order valence-electron chi connectivity index (χ1n) is 8.56. The van der Waals surface area contributed by atoms with E-state index < -0.39 is 5.41 Å². The van der Waals surface area contributed by atoms with E-state index in [4.69, 9.17) is 0 Å². The number of rotatable bonds is 5. The van der Waals surface area contributed by atoms with Crippen LogP contribution in [0.2, 0.25) is 0 Å². The highest BCUT2D eigenvalue weighted by molar-refractivity contribution is 5.91. The van der Waals surface area contributed by atoms with Crippen molar-refractivity contribution >= 4 is 5.91 Å². The third-order valence-corrected chi connectivity index (χ3v) is 4.89. The van der Waals surface area contributed by atoms with Gasteiger partial charge in [-0.15, -0.1) is 0 Å². The molecule has 1 aliphatic carbocycles. The highest BCUT2D eigenvalue weighted by Gasteiger charge is 2.51. The number of nitrogens with one attached hydrogen (secondary N) is 1. The maximum Gasteiger partial charge on any atom is 0.230 e. The number of aromatic nitrogens is 3. The van der Waals surface area contributed by atoms with Gasteiger partial charge in [-0.05, 0) is 42.2 Å². The first kappa shape index (κ1) is 16.4. The fourth-order valence-electron chi connectivity index (χ4n) is 3.27. The standard InChI is InChI=1S/C20H19FN4O/c1-25-13-15(12-24-25)18-14(3-2-10-22-18)11-23-19(26)20(8-9-20)16-4-6-17(21)7-5-16/h2-7,10,12-13H,8-9,11H2,1H3,(H,23,26). The molecule has 1 amide bonds. The molecule has 0 bridgehead atoms. The van der Waals surface area contributed by atoms with Crippen LogP contribution in [-0.4, -0.2) is 20.7 Å². The monoisotopic (exact) mass is 350 g/mol. The van der Waals surface area contributed by atoms with Gasteiger partial charge in [0.2, 0.25) is 5.91 Å². The molecule has 0 aliphatic heterocycles. The zero-order valence-electron chi connectivity index (χ0n) is 14.4. The molecule has 0 saturated heterocycles. The molecular formula is C20H19FN4O. The molecule has 0 spiro atoms. The molecule has 1 saturated carbocycles. The van der Waals surface area contributed by atoms with Crippen molar-refractivity contribution < 1.29 is 9.18 Å². The van der Waals surface area contributed by atoms with Crippen LogP contribution in [-0.2, 0) is 23.8 Å². The van der Waals surface area contributed by atoms with Gasteiger partial charge in [-0.25, -0.2) is 4.39 Å². The van der Waals surface area contributed by atoms with Crippen molar-refractivity contribution in [2.24, 2.45) is 7.05 Å². The minimum absolute atomic E-state index is 0.0231. The molecule has 0 atom stereocenters. The average molecular weight is 350 g/mol. The number of nitrogens with zero attached hydrogens (tertiary/aromatic N) is 3. The van der Waals surface area contributed by atoms with Crippen molar-refractivity contribution in [1.82, 2.24) is 20.1 Å². The SMILES string of the molecule is Cn1cc(-c2ncccc2CNC(=O)C2(c3ccc(F)cc3)CC2)cn1. The summed E-state index contributed by atoms with van der Waals surface area (Å²) in [5.41, 5.74) is 3.01. The van der Waals surface area contributed by atoms with Crippen LogP contribution >= 0.6 is 0 Å². The second-order valence-electron chi connectivity index (χ2n) is 6.69. The molecule has 0 radical (unpaired) electrons. The van der Waals surface area contributed by atoms with Crippen molar-refractivity contribution in [3.05, 3.63) is 71.9 Å². The summed E-state index contributed by atoms with van der Waals surface area (Å²) in [5.74, 6) is -0.313. The second kappa shape index (κ2) is 6.37. The number of carbonyl (C=O) groups is 1. The van der Waals surface area contributed by atoms with Gasteiger partial charge in [-0.2, -0.15) is 5.10 Å². The Morgan fingerprint density at radius 2 is 2.04 bits per heavy atom. The molecule has 5 nitrogen and oxygen atoms in total. The quantitative estimate of drug-likeness (QED) is 0.770. The summed E-state index contributed by atoms with van der Waals surface area (Å²) in [4.78, 5) is 17.2. The van der Waals surface area contributed by atoms with Gasteiger partial charge in [0, 0.05) is 31.5 Å². The van der Waals surface area contributed by atoms with Crippen LogP contribution < -0.4 is 5.32 Å². The molecule has 2 heterocycles. The summed E-state index contributed by atoms with van der Waals surface area (Å²) < 4.78 is 14.9. The van der Waals surface area contributed by atoms with Crippen LogP contribution in [0.1, 0.15) is 24.0 Å². The topological polar surface area (TPSA) is 59.8 Å². The van der Waals surface area contributed by atoms with Crippen LogP contribution in [0.4, 0.5) is 4.39 Å². The lowest BCUT2D eigenvalue weighted by molar-refractivity contribution is -0.123. The van der Waals surface area contributed by atoms with Crippen LogP contribution in [0, 0.1) is 5.82 Å². The third kappa shape index (κ3) is 2.98. The number of benzene rings is 1. The first-order valence-corrected chi connectivity index (χ1v) is 8.56. The minimum atomic E-state index is -0.523. The summed E-state index contributed by atoms with van der Waals surface area (Å²) in [5, 5.41) is 7.22. The highest BCUT2D eigenvalue weighted by atomic mass is 19.1. The molecular weight excluding hydrogens is 331 g/mol. The van der Waals surface area contributed by atoms with E-state index in [-0.39, 0.29) is 11.7 Å². The zero-order valence-corrected chi connectivity index (χ0v) is 14.4. The Bertz CT molecular complexity index is 944. The second-order valence-corrected chi connectivity index (χ2v) is 6.69. The van der Waals surface area contributed by atoms with E-state index in [1.807, 2.05) is 25.4 Å². The van der Waals surface area contributed by atoms with E-state index in [2.05, 4.69) is 15.4 Å². The minimum Gasteiger partial charge on any atom is -0.351 e. The van der Waals surface area contributed by atoms with E-state index in [0.29, 0.717) is 6.54 Å². The third-order valence-electron chi connectivity index (χ3n) is 4.89. The summed E-state index contributed by atoms with van der Waals surface area (Å²) in [7, 11) is 1.85. The van der Waals surface area contributed by atoms with Crippen LogP contribution in [0.25, 0.3) is 11.3 Å². The van der Waals surface area contributed by atoms with Crippen molar-refractivity contribution in [2.75, 3.05) is 0 Å². The Morgan fingerprint density at radius 1 is 1.27 bits per heavy atom. The largest absolute Gasteiger partial charge is 0.351 e. The first-order chi connectivity index (χ1) is 12.6. The van der Waals surface area contributed by atoms with E-state index in [0.717, 1.165) is 35.2 Å². The Balaban J connectivity index is 1.51. The van der Waals surface area contributed by atoms with Gasteiger partial charge < -0.3 is 5.32 Å². The van der Waals surface area contributed by atoms with Crippen molar-refractivity contribution in [3.63, 3.8) is 0 Å². The van der Waals surface area contributed by atoms with Gasteiger partial charge >= 0.3 is 0 Å². The van der Waals surface area contributed by atoms with Crippen molar-refractivity contribution in [2.45, 2.75) is 24.8 Å². The molecule has 3 aromatic rings. The number of amides is 1. The van der Waals surface area contributed by atoms with Gasteiger partial charge in [0.05, 0.1) is 17.3 Å². The molecule has 1 N–H and O–H groups in total. The number of hydrogen-bond acceptors (Lipinski definition) is 3. The van der Waals surface area contributed by atoms with Crippen LogP contribution in [0.15, 0.2) is 55.0 Å². The molecule has 4 rings (SSSR count). The van der Waals surface area contributed by atoms with Crippen LogP contribution in [0.3, 0.4) is 0 Å². The Labute approximate surface area is 150 Å². The smallest absolute Gasteiger partial charge is 0.230 e. The van der Waals surface area contributed by atoms with Crippen molar-refractivity contribution in [1.29, 1.82) is 0 Å². The number of hydrogen-bond donors (Lipinski definition) is 1. The fraction of sp³-hybridized carbons (Fsp3) is 0.250.